The van der Waals surface area contributed by atoms with Crippen LogP contribution in [0.4, 0.5) is 4.79 Å². The van der Waals surface area contributed by atoms with Crippen LogP contribution >= 0.6 is 0 Å². The summed E-state index contributed by atoms with van der Waals surface area (Å²) in [5, 5.41) is 3.08. The number of carbonyl (C=O) groups is 2. The van der Waals surface area contributed by atoms with E-state index in [1.54, 1.807) is 17.2 Å². The molecule has 2 amide bonds. The third-order valence-corrected chi connectivity index (χ3v) is 6.02. The van der Waals surface area contributed by atoms with Gasteiger partial charge < -0.3 is 15.0 Å². The molecule has 6 nitrogen and oxygen atoms in total. The van der Waals surface area contributed by atoms with E-state index in [-0.39, 0.29) is 18.0 Å². The van der Waals surface area contributed by atoms with E-state index in [0.717, 1.165) is 30.4 Å². The van der Waals surface area contributed by atoms with E-state index >= 15 is 0 Å². The average molecular weight is 452 g/mol. The van der Waals surface area contributed by atoms with Crippen LogP contribution in [0, 0.1) is 19.8 Å². The fourth-order valence-corrected chi connectivity index (χ4v) is 4.36. The van der Waals surface area contributed by atoms with Crippen LogP contribution in [0.2, 0.25) is 0 Å². The Balaban J connectivity index is 1.48. The molecule has 1 N–H and O–H groups in total. The lowest BCUT2D eigenvalue weighted by Gasteiger charge is -2.34. The quantitative estimate of drug-likeness (QED) is 0.650. The van der Waals surface area contributed by atoms with Gasteiger partial charge in [-0.1, -0.05) is 29.8 Å². The van der Waals surface area contributed by atoms with Crippen molar-refractivity contribution in [2.24, 2.45) is 5.92 Å². The third kappa shape index (κ3) is 7.04. The zero-order chi connectivity index (χ0) is 24.2. The van der Waals surface area contributed by atoms with Crippen molar-refractivity contribution >= 4 is 12.0 Å². The Bertz CT molecular complexity index is 971. The molecule has 2 aromatic rings. The van der Waals surface area contributed by atoms with Crippen molar-refractivity contribution < 1.29 is 14.3 Å². The number of piperidine rings is 1. The van der Waals surface area contributed by atoms with Gasteiger partial charge in [0.2, 0.25) is 0 Å². The molecule has 6 heteroatoms. The van der Waals surface area contributed by atoms with E-state index in [4.69, 9.17) is 4.74 Å². The lowest BCUT2D eigenvalue weighted by molar-refractivity contribution is 0.0179. The van der Waals surface area contributed by atoms with Gasteiger partial charge in [-0.2, -0.15) is 0 Å². The number of rotatable bonds is 5. The molecule has 0 spiro atoms. The van der Waals surface area contributed by atoms with Gasteiger partial charge >= 0.3 is 6.09 Å². The first kappa shape index (κ1) is 24.7. The number of carbonyl (C=O) groups excluding carboxylic acids is 2. The largest absolute Gasteiger partial charge is 0.444 e. The Kier molecular flexibility index (Phi) is 7.77. The van der Waals surface area contributed by atoms with Crippen LogP contribution < -0.4 is 5.32 Å². The van der Waals surface area contributed by atoms with Crippen molar-refractivity contribution in [1.82, 2.24) is 15.2 Å². The maximum absolute atomic E-state index is 12.7. The van der Waals surface area contributed by atoms with Crippen molar-refractivity contribution in [1.29, 1.82) is 0 Å². The number of hydrogen-bond acceptors (Lipinski definition) is 4. The Morgan fingerprint density at radius 1 is 1.15 bits per heavy atom. The number of ether oxygens (including phenoxy) is 1. The number of pyridine rings is 1. The normalized spacial score (nSPS) is 15.8. The van der Waals surface area contributed by atoms with Crippen LogP contribution in [-0.4, -0.2) is 46.6 Å². The van der Waals surface area contributed by atoms with Gasteiger partial charge in [0.05, 0.1) is 0 Å². The first-order chi connectivity index (χ1) is 15.5. The molecule has 1 unspecified atom stereocenters. The Hall–Kier alpha value is -2.89. The molecule has 1 aliphatic heterocycles. The second-order valence-corrected chi connectivity index (χ2v) is 10.3. The Morgan fingerprint density at radius 2 is 1.85 bits per heavy atom. The van der Waals surface area contributed by atoms with E-state index in [1.807, 2.05) is 33.8 Å². The summed E-state index contributed by atoms with van der Waals surface area (Å²) in [6, 6.07) is 10.1. The maximum atomic E-state index is 12.7. The molecular formula is C27H37N3O3. The van der Waals surface area contributed by atoms with E-state index < -0.39 is 5.60 Å². The van der Waals surface area contributed by atoms with Gasteiger partial charge in [0, 0.05) is 30.9 Å². The van der Waals surface area contributed by atoms with Crippen molar-refractivity contribution in [2.75, 3.05) is 13.1 Å². The second kappa shape index (κ2) is 10.4. The van der Waals surface area contributed by atoms with E-state index in [0.29, 0.717) is 24.7 Å². The van der Waals surface area contributed by atoms with Crippen molar-refractivity contribution in [3.05, 3.63) is 53.3 Å². The molecule has 33 heavy (non-hydrogen) atoms. The number of nitrogens with one attached hydrogen (secondary N) is 1. The lowest BCUT2D eigenvalue weighted by atomic mass is 9.91. The Labute approximate surface area is 197 Å². The number of likely N-dealkylation sites (tertiary alicyclic amines) is 1. The molecule has 1 fully saturated rings. The summed E-state index contributed by atoms with van der Waals surface area (Å²) in [5.74, 6) is 0.319. The predicted molar refractivity (Wildman–Crippen MR) is 131 cm³/mol. The molecule has 178 valence electrons. The molecule has 2 heterocycles. The Morgan fingerprint density at radius 3 is 2.42 bits per heavy atom. The summed E-state index contributed by atoms with van der Waals surface area (Å²) in [4.78, 5) is 31.1. The average Bonchev–Trinajstić information content (AvgIpc) is 2.73. The molecule has 0 aliphatic carbocycles. The number of nitrogens with zero attached hydrogens (tertiary/aromatic N) is 2. The summed E-state index contributed by atoms with van der Waals surface area (Å²) in [6.07, 6.45) is 4.25. The SMILES string of the molecule is Cc1ccc(-c2ccc(C(=O)NC(C)CC3CCN(C(=O)OC(C)(C)C)CC3)nc2)c(C)c1. The van der Waals surface area contributed by atoms with Crippen molar-refractivity contribution in [2.45, 2.75) is 72.4 Å². The molecule has 1 aliphatic rings. The van der Waals surface area contributed by atoms with Gasteiger partial charge in [0.15, 0.2) is 0 Å². The van der Waals surface area contributed by atoms with Crippen molar-refractivity contribution in [3.8, 4) is 11.1 Å². The summed E-state index contributed by atoms with van der Waals surface area (Å²) in [6.45, 7) is 13.2. The molecule has 1 atom stereocenters. The van der Waals surface area contributed by atoms with Gasteiger partial charge in [-0.15, -0.1) is 0 Å². The fourth-order valence-electron chi connectivity index (χ4n) is 4.36. The molecule has 0 radical (unpaired) electrons. The standard InChI is InChI=1S/C27H37N3O3/c1-18-7-9-23(19(2)15-18)22-8-10-24(28-17-22)25(31)29-20(3)16-21-11-13-30(14-12-21)26(32)33-27(4,5)6/h7-10,15,17,20-21H,11-14,16H2,1-6H3,(H,29,31). The highest BCUT2D eigenvalue weighted by molar-refractivity contribution is 5.92. The summed E-state index contributed by atoms with van der Waals surface area (Å²) >= 11 is 0. The molecule has 3 rings (SSSR count). The zero-order valence-corrected chi connectivity index (χ0v) is 20.8. The van der Waals surface area contributed by atoms with Crippen LogP contribution in [-0.2, 0) is 4.74 Å². The summed E-state index contributed by atoms with van der Waals surface area (Å²) < 4.78 is 5.47. The topological polar surface area (TPSA) is 71.5 Å². The number of aromatic nitrogens is 1. The number of aryl methyl sites for hydroxylation is 2. The summed E-state index contributed by atoms with van der Waals surface area (Å²) in [7, 11) is 0. The van der Waals surface area contributed by atoms with Gasteiger partial charge in [0.1, 0.15) is 11.3 Å². The minimum absolute atomic E-state index is 0.0383. The van der Waals surface area contributed by atoms with Gasteiger partial charge in [0.25, 0.3) is 5.91 Å². The van der Waals surface area contributed by atoms with E-state index in [2.05, 4.69) is 42.3 Å². The van der Waals surface area contributed by atoms with Crippen LogP contribution in [0.5, 0.6) is 0 Å². The fraction of sp³-hybridized carbons (Fsp3) is 0.519. The maximum Gasteiger partial charge on any atom is 0.410 e. The minimum atomic E-state index is -0.474. The molecule has 0 bridgehead atoms. The van der Waals surface area contributed by atoms with E-state index in [9.17, 15) is 9.59 Å². The van der Waals surface area contributed by atoms with Gasteiger partial charge in [-0.05, 0) is 83.9 Å². The molecular weight excluding hydrogens is 414 g/mol. The summed E-state index contributed by atoms with van der Waals surface area (Å²) in [5.41, 5.74) is 4.51. The van der Waals surface area contributed by atoms with Crippen molar-refractivity contribution in [3.63, 3.8) is 0 Å². The highest BCUT2D eigenvalue weighted by atomic mass is 16.6. The molecule has 1 aromatic carbocycles. The van der Waals surface area contributed by atoms with Crippen LogP contribution in [0.3, 0.4) is 0 Å². The molecule has 0 saturated carbocycles. The zero-order valence-electron chi connectivity index (χ0n) is 20.8. The first-order valence-corrected chi connectivity index (χ1v) is 11.8. The molecule has 1 saturated heterocycles. The third-order valence-electron chi connectivity index (χ3n) is 6.02. The van der Waals surface area contributed by atoms with Crippen LogP contribution in [0.1, 0.15) is 68.6 Å². The van der Waals surface area contributed by atoms with Crippen LogP contribution in [0.25, 0.3) is 11.1 Å². The lowest BCUT2D eigenvalue weighted by Crippen LogP contribution is -2.43. The molecule has 1 aromatic heterocycles. The number of benzene rings is 1. The second-order valence-electron chi connectivity index (χ2n) is 10.3. The van der Waals surface area contributed by atoms with Crippen LogP contribution in [0.15, 0.2) is 36.5 Å². The number of amides is 2. The monoisotopic (exact) mass is 451 g/mol. The highest BCUT2D eigenvalue weighted by Crippen LogP contribution is 2.25. The van der Waals surface area contributed by atoms with E-state index in [1.165, 1.54) is 11.1 Å². The smallest absolute Gasteiger partial charge is 0.410 e. The number of hydrogen-bond donors (Lipinski definition) is 1. The van der Waals surface area contributed by atoms with Gasteiger partial charge in [-0.25, -0.2) is 4.79 Å². The van der Waals surface area contributed by atoms with Gasteiger partial charge in [-0.3, -0.25) is 9.78 Å². The predicted octanol–water partition coefficient (Wildman–Crippen LogP) is 5.52. The first-order valence-electron chi connectivity index (χ1n) is 11.8. The highest BCUT2D eigenvalue weighted by Gasteiger charge is 2.27. The minimum Gasteiger partial charge on any atom is -0.444 e.